The SMILES string of the molecule is O=C(NCc1ccccc1)c1cc(-c2ccc(Cl)c(Cl)c2)nc2ccccc12. The van der Waals surface area contributed by atoms with Gasteiger partial charge < -0.3 is 5.32 Å². The van der Waals surface area contributed by atoms with Crippen LogP contribution >= 0.6 is 23.2 Å². The number of nitrogens with one attached hydrogen (secondary N) is 1. The average Bonchev–Trinajstić information content (AvgIpc) is 2.74. The Bertz CT molecular complexity index is 1160. The van der Waals surface area contributed by atoms with Gasteiger partial charge in [-0.25, -0.2) is 4.98 Å². The highest BCUT2D eigenvalue weighted by Crippen LogP contribution is 2.30. The van der Waals surface area contributed by atoms with Crippen molar-refractivity contribution in [1.82, 2.24) is 10.3 Å². The van der Waals surface area contributed by atoms with Crippen LogP contribution in [0, 0.1) is 0 Å². The zero-order valence-corrected chi connectivity index (χ0v) is 16.3. The lowest BCUT2D eigenvalue weighted by molar-refractivity contribution is 0.0952. The summed E-state index contributed by atoms with van der Waals surface area (Å²) in [5, 5.41) is 4.72. The van der Waals surface area contributed by atoms with Gasteiger partial charge in [0.05, 0.1) is 26.8 Å². The van der Waals surface area contributed by atoms with Crippen LogP contribution in [-0.4, -0.2) is 10.9 Å². The molecule has 0 saturated heterocycles. The van der Waals surface area contributed by atoms with Crippen molar-refractivity contribution >= 4 is 40.0 Å². The van der Waals surface area contributed by atoms with Crippen LogP contribution in [0.4, 0.5) is 0 Å². The third kappa shape index (κ3) is 3.86. The third-order valence-electron chi connectivity index (χ3n) is 4.47. The maximum Gasteiger partial charge on any atom is 0.252 e. The van der Waals surface area contributed by atoms with E-state index in [0.717, 1.165) is 22.0 Å². The molecule has 0 fully saturated rings. The molecule has 1 aromatic heterocycles. The number of rotatable bonds is 4. The van der Waals surface area contributed by atoms with Gasteiger partial charge in [-0.05, 0) is 29.8 Å². The highest BCUT2D eigenvalue weighted by Gasteiger charge is 2.14. The van der Waals surface area contributed by atoms with Crippen LogP contribution in [0.3, 0.4) is 0 Å². The molecule has 3 aromatic carbocycles. The van der Waals surface area contributed by atoms with Gasteiger partial charge in [0.1, 0.15) is 0 Å². The highest BCUT2D eigenvalue weighted by atomic mass is 35.5. The van der Waals surface area contributed by atoms with Crippen LogP contribution in [0.5, 0.6) is 0 Å². The molecule has 0 saturated carbocycles. The lowest BCUT2D eigenvalue weighted by Gasteiger charge is -2.11. The second-order valence-corrected chi connectivity index (χ2v) is 7.18. The molecule has 0 aliphatic heterocycles. The van der Waals surface area contributed by atoms with E-state index < -0.39 is 0 Å². The average molecular weight is 407 g/mol. The molecule has 0 spiro atoms. The van der Waals surface area contributed by atoms with E-state index in [9.17, 15) is 4.79 Å². The Hall–Kier alpha value is -2.88. The summed E-state index contributed by atoms with van der Waals surface area (Å²) < 4.78 is 0. The number of halogens is 2. The molecule has 1 N–H and O–H groups in total. The number of pyridine rings is 1. The number of aromatic nitrogens is 1. The number of hydrogen-bond acceptors (Lipinski definition) is 2. The van der Waals surface area contributed by atoms with E-state index in [1.165, 1.54) is 0 Å². The number of para-hydroxylation sites is 1. The second-order valence-electron chi connectivity index (χ2n) is 6.37. The van der Waals surface area contributed by atoms with Crippen molar-refractivity contribution in [2.24, 2.45) is 0 Å². The number of benzene rings is 3. The van der Waals surface area contributed by atoms with Gasteiger partial charge in [0.2, 0.25) is 0 Å². The largest absolute Gasteiger partial charge is 0.348 e. The summed E-state index contributed by atoms with van der Waals surface area (Å²) in [6, 6.07) is 24.5. The molecule has 1 heterocycles. The van der Waals surface area contributed by atoms with Crippen LogP contribution in [-0.2, 0) is 6.54 Å². The molecule has 3 nitrogen and oxygen atoms in total. The van der Waals surface area contributed by atoms with Crippen molar-refractivity contribution in [3.8, 4) is 11.3 Å². The lowest BCUT2D eigenvalue weighted by atomic mass is 10.0. The maximum atomic E-state index is 13.0. The zero-order chi connectivity index (χ0) is 19.5. The van der Waals surface area contributed by atoms with Gasteiger partial charge in [0.25, 0.3) is 5.91 Å². The Morgan fingerprint density at radius 1 is 0.857 bits per heavy atom. The summed E-state index contributed by atoms with van der Waals surface area (Å²) in [5.74, 6) is -0.149. The van der Waals surface area contributed by atoms with Crippen molar-refractivity contribution in [2.45, 2.75) is 6.54 Å². The Kier molecular flexibility index (Phi) is 5.29. The van der Waals surface area contributed by atoms with Crippen LogP contribution in [0.1, 0.15) is 15.9 Å². The molecule has 0 bridgehead atoms. The minimum Gasteiger partial charge on any atom is -0.348 e. The molecule has 28 heavy (non-hydrogen) atoms. The summed E-state index contributed by atoms with van der Waals surface area (Å²) in [5.41, 5.74) is 3.83. The highest BCUT2D eigenvalue weighted by molar-refractivity contribution is 6.42. The van der Waals surface area contributed by atoms with E-state index in [1.807, 2.05) is 60.7 Å². The Labute approximate surface area is 172 Å². The molecule has 1 amide bonds. The van der Waals surface area contributed by atoms with Crippen molar-refractivity contribution in [3.05, 3.63) is 100 Å². The van der Waals surface area contributed by atoms with E-state index in [2.05, 4.69) is 5.32 Å². The molecule has 0 aliphatic carbocycles. The van der Waals surface area contributed by atoms with Gasteiger partial charge in [-0.2, -0.15) is 0 Å². The van der Waals surface area contributed by atoms with E-state index in [4.69, 9.17) is 28.2 Å². The smallest absolute Gasteiger partial charge is 0.252 e. The molecule has 0 radical (unpaired) electrons. The predicted molar refractivity (Wildman–Crippen MR) is 115 cm³/mol. The van der Waals surface area contributed by atoms with Gasteiger partial charge in [-0.3, -0.25) is 4.79 Å². The maximum absolute atomic E-state index is 13.0. The summed E-state index contributed by atoms with van der Waals surface area (Å²) >= 11 is 12.2. The topological polar surface area (TPSA) is 42.0 Å². The van der Waals surface area contributed by atoms with Gasteiger partial charge in [-0.1, -0.05) is 77.8 Å². The first-order chi connectivity index (χ1) is 13.6. The van der Waals surface area contributed by atoms with Crippen LogP contribution in [0.25, 0.3) is 22.2 Å². The minimum absolute atomic E-state index is 0.149. The fourth-order valence-corrected chi connectivity index (χ4v) is 3.34. The van der Waals surface area contributed by atoms with E-state index in [0.29, 0.717) is 27.8 Å². The van der Waals surface area contributed by atoms with Gasteiger partial charge >= 0.3 is 0 Å². The molecule has 0 aliphatic rings. The Morgan fingerprint density at radius 3 is 2.39 bits per heavy atom. The quantitative estimate of drug-likeness (QED) is 0.442. The number of amides is 1. The molecule has 138 valence electrons. The normalized spacial score (nSPS) is 10.8. The third-order valence-corrected chi connectivity index (χ3v) is 5.21. The summed E-state index contributed by atoms with van der Waals surface area (Å²) in [4.78, 5) is 17.6. The summed E-state index contributed by atoms with van der Waals surface area (Å²) in [6.07, 6.45) is 0. The fourth-order valence-electron chi connectivity index (χ4n) is 3.04. The van der Waals surface area contributed by atoms with Gasteiger partial charge in [-0.15, -0.1) is 0 Å². The number of fused-ring (bicyclic) bond motifs is 1. The minimum atomic E-state index is -0.149. The van der Waals surface area contributed by atoms with Crippen molar-refractivity contribution in [1.29, 1.82) is 0 Å². The molecular formula is C23H16Cl2N2O. The standard InChI is InChI=1S/C23H16Cl2N2O/c24-19-11-10-16(12-20(19)25)22-13-18(17-8-4-5-9-21(17)27-22)23(28)26-14-15-6-2-1-3-7-15/h1-13H,14H2,(H,26,28). The second kappa shape index (κ2) is 8.01. The molecular weight excluding hydrogens is 391 g/mol. The number of carbonyl (C=O) groups is 1. The Balaban J connectivity index is 1.73. The number of nitrogens with zero attached hydrogens (tertiary/aromatic N) is 1. The van der Waals surface area contributed by atoms with Gasteiger partial charge in [0.15, 0.2) is 0 Å². The van der Waals surface area contributed by atoms with Crippen molar-refractivity contribution in [2.75, 3.05) is 0 Å². The first kappa shape index (κ1) is 18.5. The molecule has 0 unspecified atom stereocenters. The number of hydrogen-bond donors (Lipinski definition) is 1. The van der Waals surface area contributed by atoms with Crippen LogP contribution < -0.4 is 5.32 Å². The molecule has 5 heteroatoms. The summed E-state index contributed by atoms with van der Waals surface area (Å²) in [7, 11) is 0. The zero-order valence-electron chi connectivity index (χ0n) is 14.8. The monoisotopic (exact) mass is 406 g/mol. The van der Waals surface area contributed by atoms with E-state index >= 15 is 0 Å². The summed E-state index contributed by atoms with van der Waals surface area (Å²) in [6.45, 7) is 0.457. The number of carbonyl (C=O) groups excluding carboxylic acids is 1. The molecule has 4 aromatic rings. The van der Waals surface area contributed by atoms with Crippen LogP contribution in [0.2, 0.25) is 10.0 Å². The van der Waals surface area contributed by atoms with E-state index in [1.54, 1.807) is 18.2 Å². The van der Waals surface area contributed by atoms with Crippen molar-refractivity contribution in [3.63, 3.8) is 0 Å². The van der Waals surface area contributed by atoms with Crippen molar-refractivity contribution < 1.29 is 4.79 Å². The lowest BCUT2D eigenvalue weighted by Crippen LogP contribution is -2.23. The molecule has 4 rings (SSSR count). The fraction of sp³-hybridized carbons (Fsp3) is 0.0435. The first-order valence-corrected chi connectivity index (χ1v) is 9.55. The Morgan fingerprint density at radius 2 is 1.61 bits per heavy atom. The predicted octanol–water partition coefficient (Wildman–Crippen LogP) is 6.14. The first-order valence-electron chi connectivity index (χ1n) is 8.79. The molecule has 0 atom stereocenters. The van der Waals surface area contributed by atoms with Gasteiger partial charge in [0, 0.05) is 17.5 Å². The van der Waals surface area contributed by atoms with Crippen LogP contribution in [0.15, 0.2) is 78.9 Å². The van der Waals surface area contributed by atoms with E-state index in [-0.39, 0.29) is 5.91 Å².